The largest absolute Gasteiger partial charge is 0.320 e. The van der Waals surface area contributed by atoms with E-state index in [4.69, 9.17) is 7.85 Å². The summed E-state index contributed by atoms with van der Waals surface area (Å²) in [5.74, 6) is -2.15. The van der Waals surface area contributed by atoms with Crippen molar-refractivity contribution in [2.45, 2.75) is 6.92 Å². The molecule has 1 aromatic carbocycles. The predicted molar refractivity (Wildman–Crippen MR) is 93.9 cm³/mol. The molecular weight excluding hydrogens is 339 g/mol. The van der Waals surface area contributed by atoms with E-state index in [1.165, 1.54) is 15.3 Å². The average molecular weight is 351 g/mol. The van der Waals surface area contributed by atoms with Gasteiger partial charge in [0.25, 0.3) is 5.91 Å². The third-order valence-corrected chi connectivity index (χ3v) is 4.01. The van der Waals surface area contributed by atoms with Crippen LogP contribution in [0.15, 0.2) is 30.7 Å². The minimum atomic E-state index is -0.800. The number of carbonyl (C=O) groups excluding carboxylic acids is 1. The fraction of sp³-hybridized carbons (Fsp3) is 0.118. The van der Waals surface area contributed by atoms with Crippen molar-refractivity contribution in [1.82, 2.24) is 19.2 Å². The first-order valence-corrected chi connectivity index (χ1v) is 7.71. The Kier molecular flexibility index (Phi) is 3.53. The molecule has 0 saturated carbocycles. The van der Waals surface area contributed by atoms with E-state index in [0.717, 1.165) is 12.1 Å². The molecule has 128 valence electrons. The average Bonchev–Trinajstić information content (AvgIpc) is 3.09. The SMILES string of the molecule is [B]c1cc(F)c(C(=O)Nc2cc(F)c3nc(C)cn3c2)c2nn(C)cc12. The van der Waals surface area contributed by atoms with Crippen LogP contribution >= 0.6 is 0 Å². The molecule has 0 bridgehead atoms. The van der Waals surface area contributed by atoms with Gasteiger partial charge in [0.2, 0.25) is 0 Å². The van der Waals surface area contributed by atoms with Crippen LogP contribution in [0.25, 0.3) is 16.6 Å². The maximum absolute atomic E-state index is 14.4. The summed E-state index contributed by atoms with van der Waals surface area (Å²) in [6.45, 7) is 1.73. The number of nitrogens with one attached hydrogen (secondary N) is 1. The number of aromatic nitrogens is 4. The summed E-state index contributed by atoms with van der Waals surface area (Å²) in [6.07, 6.45) is 4.72. The molecule has 0 unspecified atom stereocenters. The Morgan fingerprint density at radius 1 is 1.19 bits per heavy atom. The van der Waals surface area contributed by atoms with Gasteiger partial charge in [-0.15, -0.1) is 0 Å². The van der Waals surface area contributed by atoms with Gasteiger partial charge in [-0.05, 0) is 13.0 Å². The molecular formula is C17H12BF2N5O. The molecule has 2 radical (unpaired) electrons. The molecule has 1 N–H and O–H groups in total. The Morgan fingerprint density at radius 3 is 2.73 bits per heavy atom. The zero-order chi connectivity index (χ0) is 18.6. The molecule has 3 aromatic heterocycles. The number of anilines is 1. The van der Waals surface area contributed by atoms with Crippen LogP contribution in [0.2, 0.25) is 0 Å². The number of amides is 1. The quantitative estimate of drug-likeness (QED) is 0.561. The van der Waals surface area contributed by atoms with Gasteiger partial charge in [-0.2, -0.15) is 5.10 Å². The van der Waals surface area contributed by atoms with Crippen molar-refractivity contribution in [1.29, 1.82) is 0 Å². The van der Waals surface area contributed by atoms with Crippen molar-refractivity contribution >= 4 is 41.5 Å². The Bertz CT molecular complexity index is 1200. The van der Waals surface area contributed by atoms with Crippen molar-refractivity contribution in [2.24, 2.45) is 7.05 Å². The number of nitrogens with zero attached hydrogens (tertiary/aromatic N) is 4. The van der Waals surface area contributed by atoms with Crippen molar-refractivity contribution in [3.63, 3.8) is 0 Å². The van der Waals surface area contributed by atoms with E-state index in [2.05, 4.69) is 15.4 Å². The summed E-state index contributed by atoms with van der Waals surface area (Å²) in [4.78, 5) is 16.7. The maximum Gasteiger partial charge on any atom is 0.260 e. The number of pyridine rings is 1. The highest BCUT2D eigenvalue weighted by molar-refractivity contribution is 6.39. The summed E-state index contributed by atoms with van der Waals surface area (Å²) in [6, 6.07) is 2.20. The van der Waals surface area contributed by atoms with Crippen molar-refractivity contribution in [3.05, 3.63) is 53.6 Å². The summed E-state index contributed by atoms with van der Waals surface area (Å²) < 4.78 is 31.5. The Balaban J connectivity index is 1.78. The van der Waals surface area contributed by atoms with Crippen LogP contribution in [0.3, 0.4) is 0 Å². The molecule has 3 heterocycles. The van der Waals surface area contributed by atoms with Gasteiger partial charge >= 0.3 is 0 Å². The van der Waals surface area contributed by atoms with Crippen LogP contribution in [0.5, 0.6) is 0 Å². The lowest BCUT2D eigenvalue weighted by Gasteiger charge is -2.09. The highest BCUT2D eigenvalue weighted by Crippen LogP contribution is 2.21. The van der Waals surface area contributed by atoms with E-state index in [0.29, 0.717) is 11.1 Å². The number of hydrogen-bond donors (Lipinski definition) is 1. The normalized spacial score (nSPS) is 11.4. The predicted octanol–water partition coefficient (Wildman–Crippen LogP) is 1.85. The van der Waals surface area contributed by atoms with Gasteiger partial charge in [-0.25, -0.2) is 13.8 Å². The minimum Gasteiger partial charge on any atom is -0.320 e. The topological polar surface area (TPSA) is 64.2 Å². The van der Waals surface area contributed by atoms with Gasteiger partial charge in [0.1, 0.15) is 24.7 Å². The molecule has 4 aromatic rings. The number of fused-ring (bicyclic) bond motifs is 2. The van der Waals surface area contributed by atoms with Gasteiger partial charge in [-0.1, -0.05) is 5.46 Å². The molecule has 0 saturated heterocycles. The Morgan fingerprint density at radius 2 is 1.96 bits per heavy atom. The number of aryl methyl sites for hydroxylation is 2. The van der Waals surface area contributed by atoms with Crippen LogP contribution < -0.4 is 10.8 Å². The summed E-state index contributed by atoms with van der Waals surface area (Å²) in [5.41, 5.74) is 1.01. The highest BCUT2D eigenvalue weighted by Gasteiger charge is 2.20. The van der Waals surface area contributed by atoms with Gasteiger partial charge in [0.15, 0.2) is 11.5 Å². The highest BCUT2D eigenvalue weighted by atomic mass is 19.1. The standard InChI is InChI=1S/C17H12BF2N5O/c1-8-5-25-6-9(3-13(20)16(25)21-8)22-17(26)14-12(19)4-11(18)10-7-24(2)23-15(10)14/h3-7H,1-2H3,(H,22,26). The van der Waals surface area contributed by atoms with Gasteiger partial charge in [0, 0.05) is 37.1 Å². The Hall–Kier alpha value is -3.23. The smallest absolute Gasteiger partial charge is 0.260 e. The van der Waals surface area contributed by atoms with Gasteiger partial charge in [-0.3, -0.25) is 9.48 Å². The van der Waals surface area contributed by atoms with Crippen LogP contribution in [0.4, 0.5) is 14.5 Å². The molecule has 26 heavy (non-hydrogen) atoms. The monoisotopic (exact) mass is 351 g/mol. The lowest BCUT2D eigenvalue weighted by atomic mass is 9.90. The van der Waals surface area contributed by atoms with Crippen LogP contribution in [0.1, 0.15) is 16.1 Å². The maximum atomic E-state index is 14.4. The minimum absolute atomic E-state index is 0.141. The van der Waals surface area contributed by atoms with E-state index in [1.807, 2.05) is 0 Å². The number of imidazole rings is 1. The molecule has 0 aliphatic carbocycles. The molecule has 0 spiro atoms. The number of rotatable bonds is 2. The summed E-state index contributed by atoms with van der Waals surface area (Å²) in [7, 11) is 7.43. The molecule has 0 atom stereocenters. The van der Waals surface area contributed by atoms with Crippen LogP contribution in [0, 0.1) is 18.6 Å². The van der Waals surface area contributed by atoms with Crippen LogP contribution in [-0.4, -0.2) is 32.9 Å². The molecule has 4 rings (SSSR count). The molecule has 0 fully saturated rings. The molecule has 0 aliphatic rings. The second-order valence-corrected chi connectivity index (χ2v) is 6.03. The number of carbonyl (C=O) groups is 1. The van der Waals surface area contributed by atoms with Gasteiger partial charge in [0.05, 0.1) is 11.4 Å². The van der Waals surface area contributed by atoms with Crippen molar-refractivity contribution in [3.8, 4) is 0 Å². The van der Waals surface area contributed by atoms with Crippen LogP contribution in [-0.2, 0) is 7.05 Å². The summed E-state index contributed by atoms with van der Waals surface area (Å²) >= 11 is 0. The first kappa shape index (κ1) is 16.3. The first-order valence-electron chi connectivity index (χ1n) is 7.71. The second kappa shape index (κ2) is 5.65. The lowest BCUT2D eigenvalue weighted by molar-refractivity contribution is 0.102. The van der Waals surface area contributed by atoms with Crippen molar-refractivity contribution in [2.75, 3.05) is 5.32 Å². The van der Waals surface area contributed by atoms with E-state index in [1.54, 1.807) is 26.4 Å². The van der Waals surface area contributed by atoms with E-state index in [-0.39, 0.29) is 27.9 Å². The lowest BCUT2D eigenvalue weighted by Crippen LogP contribution is -2.18. The van der Waals surface area contributed by atoms with E-state index in [9.17, 15) is 13.6 Å². The fourth-order valence-corrected chi connectivity index (χ4v) is 2.94. The molecule has 0 aliphatic heterocycles. The third kappa shape index (κ3) is 2.52. The molecule has 1 amide bonds. The first-order chi connectivity index (χ1) is 12.3. The second-order valence-electron chi connectivity index (χ2n) is 6.03. The van der Waals surface area contributed by atoms with E-state index >= 15 is 0 Å². The van der Waals surface area contributed by atoms with Crippen molar-refractivity contribution < 1.29 is 13.6 Å². The number of benzene rings is 1. The number of halogens is 2. The zero-order valence-corrected chi connectivity index (χ0v) is 13.9. The third-order valence-electron chi connectivity index (χ3n) is 4.01. The van der Waals surface area contributed by atoms with Gasteiger partial charge < -0.3 is 9.72 Å². The van der Waals surface area contributed by atoms with E-state index < -0.39 is 17.5 Å². The fourth-order valence-electron chi connectivity index (χ4n) is 2.94. The number of hydrogen-bond acceptors (Lipinski definition) is 3. The summed E-state index contributed by atoms with van der Waals surface area (Å²) in [5, 5.41) is 7.08. The zero-order valence-electron chi connectivity index (χ0n) is 13.9. The molecule has 9 heteroatoms. The Labute approximate surface area is 147 Å². The molecule has 6 nitrogen and oxygen atoms in total.